The van der Waals surface area contributed by atoms with Gasteiger partial charge < -0.3 is 10.6 Å². The lowest BCUT2D eigenvalue weighted by Gasteiger charge is -2.04. The molecule has 100 valence electrons. The van der Waals surface area contributed by atoms with E-state index >= 15 is 0 Å². The standard InChI is InChI=1S/C16H13ClN2O/c17-15-11-5-4-7-13(15)8-6-12-18-16(20)19-14-9-2-1-3-10-14/h1-5,7,9-11H,12H2,(H2,18,19,20). The summed E-state index contributed by atoms with van der Waals surface area (Å²) in [6.45, 7) is 0.254. The third-order valence-electron chi connectivity index (χ3n) is 2.47. The number of carbonyl (C=O) groups excluding carboxylic acids is 1. The minimum Gasteiger partial charge on any atom is -0.327 e. The normalized spacial score (nSPS) is 9.25. The van der Waals surface area contributed by atoms with Crippen molar-refractivity contribution >= 4 is 23.3 Å². The van der Waals surface area contributed by atoms with E-state index < -0.39 is 0 Å². The summed E-state index contributed by atoms with van der Waals surface area (Å²) in [5.41, 5.74) is 1.49. The number of halogens is 1. The highest BCUT2D eigenvalue weighted by Crippen LogP contribution is 2.12. The quantitative estimate of drug-likeness (QED) is 0.814. The van der Waals surface area contributed by atoms with Crippen molar-refractivity contribution < 1.29 is 4.79 Å². The fourth-order valence-electron chi connectivity index (χ4n) is 1.52. The summed E-state index contributed by atoms with van der Waals surface area (Å²) in [4.78, 5) is 11.6. The average Bonchev–Trinajstić information content (AvgIpc) is 2.46. The number of anilines is 1. The largest absolute Gasteiger partial charge is 0.327 e. The number of hydrogen-bond donors (Lipinski definition) is 2. The monoisotopic (exact) mass is 284 g/mol. The van der Waals surface area contributed by atoms with Crippen molar-refractivity contribution in [1.82, 2.24) is 5.32 Å². The summed E-state index contributed by atoms with van der Waals surface area (Å²) in [6.07, 6.45) is 0. The summed E-state index contributed by atoms with van der Waals surface area (Å²) < 4.78 is 0. The lowest BCUT2D eigenvalue weighted by Crippen LogP contribution is -2.28. The van der Waals surface area contributed by atoms with E-state index in [0.717, 1.165) is 11.3 Å². The van der Waals surface area contributed by atoms with Crippen molar-refractivity contribution in [2.75, 3.05) is 11.9 Å². The zero-order valence-corrected chi connectivity index (χ0v) is 11.4. The molecule has 0 saturated carbocycles. The van der Waals surface area contributed by atoms with Crippen LogP contribution in [0.25, 0.3) is 0 Å². The topological polar surface area (TPSA) is 41.1 Å². The smallest absolute Gasteiger partial charge is 0.319 e. The number of rotatable bonds is 2. The third-order valence-corrected chi connectivity index (χ3v) is 2.80. The van der Waals surface area contributed by atoms with Crippen LogP contribution in [0.5, 0.6) is 0 Å². The van der Waals surface area contributed by atoms with Gasteiger partial charge in [-0.1, -0.05) is 53.8 Å². The molecular weight excluding hydrogens is 272 g/mol. The van der Waals surface area contributed by atoms with Crippen LogP contribution >= 0.6 is 11.6 Å². The van der Waals surface area contributed by atoms with Gasteiger partial charge in [0.15, 0.2) is 0 Å². The second-order valence-corrected chi connectivity index (χ2v) is 4.36. The lowest BCUT2D eigenvalue weighted by molar-refractivity contribution is 0.253. The van der Waals surface area contributed by atoms with Crippen LogP contribution in [0.4, 0.5) is 10.5 Å². The Labute approximate surface area is 123 Å². The number of para-hydroxylation sites is 1. The Kier molecular flexibility index (Phi) is 5.05. The maximum Gasteiger partial charge on any atom is 0.319 e. The SMILES string of the molecule is O=C(NCC#Cc1ccccc1Cl)Nc1ccccc1. The van der Waals surface area contributed by atoms with E-state index in [1.165, 1.54) is 0 Å². The molecule has 0 atom stereocenters. The highest BCUT2D eigenvalue weighted by Gasteiger charge is 1.98. The molecule has 2 amide bonds. The Morgan fingerprint density at radius 3 is 2.50 bits per heavy atom. The molecule has 4 heteroatoms. The van der Waals surface area contributed by atoms with Crippen LogP contribution in [0.3, 0.4) is 0 Å². The Balaban J connectivity index is 1.82. The van der Waals surface area contributed by atoms with Crippen LogP contribution in [-0.2, 0) is 0 Å². The maximum atomic E-state index is 11.6. The fraction of sp³-hybridized carbons (Fsp3) is 0.0625. The molecule has 0 spiro atoms. The van der Waals surface area contributed by atoms with Crippen molar-refractivity contribution in [2.45, 2.75) is 0 Å². The molecule has 3 nitrogen and oxygen atoms in total. The molecule has 20 heavy (non-hydrogen) atoms. The molecule has 2 rings (SSSR count). The van der Waals surface area contributed by atoms with Crippen LogP contribution in [0.1, 0.15) is 5.56 Å². The van der Waals surface area contributed by atoms with Gasteiger partial charge in [0, 0.05) is 11.3 Å². The molecule has 0 aliphatic carbocycles. The van der Waals surface area contributed by atoms with Crippen molar-refractivity contribution in [3.05, 3.63) is 65.2 Å². The van der Waals surface area contributed by atoms with Gasteiger partial charge in [0.2, 0.25) is 0 Å². The summed E-state index contributed by atoms with van der Waals surface area (Å²) in [5.74, 6) is 5.76. The first kappa shape index (κ1) is 14.0. The second-order valence-electron chi connectivity index (χ2n) is 3.96. The van der Waals surface area contributed by atoms with Gasteiger partial charge in [0.1, 0.15) is 0 Å². The first-order valence-corrected chi connectivity index (χ1v) is 6.47. The molecule has 0 aliphatic rings. The summed E-state index contributed by atoms with van der Waals surface area (Å²) in [6, 6.07) is 16.3. The zero-order valence-electron chi connectivity index (χ0n) is 10.7. The van der Waals surface area contributed by atoms with E-state index in [-0.39, 0.29) is 12.6 Å². The van der Waals surface area contributed by atoms with Crippen molar-refractivity contribution in [2.24, 2.45) is 0 Å². The van der Waals surface area contributed by atoms with Crippen LogP contribution in [0, 0.1) is 11.8 Å². The molecular formula is C16H13ClN2O. The molecule has 2 aromatic rings. The predicted molar refractivity (Wildman–Crippen MR) is 81.8 cm³/mol. The highest BCUT2D eigenvalue weighted by atomic mass is 35.5. The van der Waals surface area contributed by atoms with Crippen molar-refractivity contribution in [3.8, 4) is 11.8 Å². The van der Waals surface area contributed by atoms with Crippen LogP contribution in [0.2, 0.25) is 5.02 Å². The molecule has 2 aromatic carbocycles. The van der Waals surface area contributed by atoms with Gasteiger partial charge in [-0.15, -0.1) is 0 Å². The number of hydrogen-bond acceptors (Lipinski definition) is 1. The molecule has 0 aliphatic heterocycles. The van der Waals surface area contributed by atoms with Gasteiger partial charge in [0.05, 0.1) is 11.6 Å². The van der Waals surface area contributed by atoms with Gasteiger partial charge in [-0.2, -0.15) is 0 Å². The van der Waals surface area contributed by atoms with Crippen LogP contribution in [-0.4, -0.2) is 12.6 Å². The summed E-state index contributed by atoms with van der Waals surface area (Å²) in [7, 11) is 0. The van der Waals surface area contributed by atoms with Gasteiger partial charge >= 0.3 is 6.03 Å². The maximum absolute atomic E-state index is 11.6. The van der Waals surface area contributed by atoms with E-state index in [4.69, 9.17) is 11.6 Å². The van der Waals surface area contributed by atoms with Gasteiger partial charge in [0.25, 0.3) is 0 Å². The minimum atomic E-state index is -0.287. The minimum absolute atomic E-state index is 0.254. The summed E-state index contributed by atoms with van der Waals surface area (Å²) >= 11 is 5.97. The van der Waals surface area contributed by atoms with Crippen molar-refractivity contribution in [3.63, 3.8) is 0 Å². The molecule has 0 saturated heterocycles. The number of carbonyl (C=O) groups is 1. The molecule has 0 aromatic heterocycles. The number of nitrogens with one attached hydrogen (secondary N) is 2. The molecule has 0 radical (unpaired) electrons. The number of urea groups is 1. The Hall–Kier alpha value is -2.44. The van der Waals surface area contributed by atoms with Gasteiger partial charge in [-0.05, 0) is 24.3 Å². The van der Waals surface area contributed by atoms with E-state index in [1.54, 1.807) is 6.07 Å². The van der Waals surface area contributed by atoms with Gasteiger partial charge in [-0.3, -0.25) is 0 Å². The molecule has 0 unspecified atom stereocenters. The van der Waals surface area contributed by atoms with Crippen LogP contribution in [0.15, 0.2) is 54.6 Å². The van der Waals surface area contributed by atoms with Crippen LogP contribution < -0.4 is 10.6 Å². The van der Waals surface area contributed by atoms with Gasteiger partial charge in [-0.25, -0.2) is 4.79 Å². The molecule has 0 bridgehead atoms. The molecule has 0 heterocycles. The zero-order chi connectivity index (χ0) is 14.2. The summed E-state index contributed by atoms with van der Waals surface area (Å²) in [5, 5.41) is 5.97. The Morgan fingerprint density at radius 2 is 1.75 bits per heavy atom. The first-order chi connectivity index (χ1) is 9.75. The molecule has 0 fully saturated rings. The lowest BCUT2D eigenvalue weighted by atomic mass is 10.2. The van der Waals surface area contributed by atoms with Crippen molar-refractivity contribution in [1.29, 1.82) is 0 Å². The Morgan fingerprint density at radius 1 is 1.05 bits per heavy atom. The molecule has 2 N–H and O–H groups in total. The van der Waals surface area contributed by atoms with E-state index in [2.05, 4.69) is 22.5 Å². The fourth-order valence-corrected chi connectivity index (χ4v) is 1.71. The third kappa shape index (κ3) is 4.34. The van der Waals surface area contributed by atoms with E-state index in [9.17, 15) is 4.79 Å². The Bertz CT molecular complexity index is 644. The number of amides is 2. The highest BCUT2D eigenvalue weighted by molar-refractivity contribution is 6.31. The second kappa shape index (κ2) is 7.22. The van der Waals surface area contributed by atoms with E-state index in [1.807, 2.05) is 48.5 Å². The predicted octanol–water partition coefficient (Wildman–Crippen LogP) is 3.51. The van der Waals surface area contributed by atoms with E-state index in [0.29, 0.717) is 5.02 Å². The average molecular weight is 285 g/mol. The first-order valence-electron chi connectivity index (χ1n) is 6.09. The number of benzene rings is 2.